The molecule has 8 heteroatoms. The van der Waals surface area contributed by atoms with Gasteiger partial charge < -0.3 is 9.80 Å². The van der Waals surface area contributed by atoms with Gasteiger partial charge in [0, 0.05) is 38.2 Å². The van der Waals surface area contributed by atoms with Gasteiger partial charge in [-0.25, -0.2) is 12.7 Å². The van der Waals surface area contributed by atoms with Crippen LogP contribution in [0.5, 0.6) is 0 Å². The molecular formula is C34H36N4O3S. The van der Waals surface area contributed by atoms with E-state index in [9.17, 15) is 13.2 Å². The first-order chi connectivity index (χ1) is 20.2. The summed E-state index contributed by atoms with van der Waals surface area (Å²) in [6, 6.07) is 23.4. The Morgan fingerprint density at radius 1 is 0.833 bits per heavy atom. The highest BCUT2D eigenvalue weighted by Crippen LogP contribution is 2.72. The Labute approximate surface area is 248 Å². The van der Waals surface area contributed by atoms with E-state index in [1.165, 1.54) is 16.7 Å². The number of likely N-dealkylation sites (N-methyl/N-ethyl adjacent to an activating group) is 1. The summed E-state index contributed by atoms with van der Waals surface area (Å²) in [7, 11) is -1.88. The molecule has 6 aliphatic rings. The lowest BCUT2D eigenvalue weighted by atomic mass is 9.50. The van der Waals surface area contributed by atoms with Crippen molar-refractivity contribution in [1.29, 1.82) is 0 Å². The molecule has 2 fully saturated rings. The molecule has 1 amide bonds. The molecule has 6 aliphatic heterocycles. The van der Waals surface area contributed by atoms with E-state index in [1.807, 2.05) is 24.3 Å². The van der Waals surface area contributed by atoms with E-state index in [0.717, 1.165) is 36.3 Å². The lowest BCUT2D eigenvalue weighted by Gasteiger charge is -2.63. The number of likely N-dealkylation sites (tertiary alicyclic amines) is 1. The molecule has 2 bridgehead atoms. The van der Waals surface area contributed by atoms with Crippen LogP contribution >= 0.6 is 0 Å². The zero-order valence-corrected chi connectivity index (χ0v) is 25.3. The third-order valence-electron chi connectivity index (χ3n) is 10.8. The van der Waals surface area contributed by atoms with Crippen molar-refractivity contribution >= 4 is 27.3 Å². The van der Waals surface area contributed by atoms with E-state index in [0.29, 0.717) is 11.4 Å². The quantitative estimate of drug-likeness (QED) is 0.401. The van der Waals surface area contributed by atoms with Gasteiger partial charge in [0.1, 0.15) is 6.17 Å². The third kappa shape index (κ3) is 2.85. The lowest BCUT2D eigenvalue weighted by Crippen LogP contribution is -2.75. The molecular weight excluding hydrogens is 544 g/mol. The van der Waals surface area contributed by atoms with E-state index >= 15 is 0 Å². The average molecular weight is 581 g/mol. The second-order valence-corrected chi connectivity index (χ2v) is 14.6. The van der Waals surface area contributed by atoms with E-state index in [4.69, 9.17) is 0 Å². The van der Waals surface area contributed by atoms with Gasteiger partial charge in [-0.15, -0.1) is 0 Å². The molecule has 3 aromatic carbocycles. The Morgan fingerprint density at radius 2 is 1.52 bits per heavy atom. The predicted molar refractivity (Wildman–Crippen MR) is 164 cm³/mol. The summed E-state index contributed by atoms with van der Waals surface area (Å²) in [6.07, 6.45) is 3.26. The molecule has 2 saturated heterocycles. The van der Waals surface area contributed by atoms with Gasteiger partial charge in [-0.05, 0) is 67.6 Å². The Bertz CT molecular complexity index is 1790. The van der Waals surface area contributed by atoms with Crippen LogP contribution in [0.2, 0.25) is 0 Å². The number of para-hydroxylation sites is 1. The number of hydrogen-bond donors (Lipinski definition) is 0. The Hall–Kier alpha value is -3.62. The number of rotatable bonds is 3. The van der Waals surface area contributed by atoms with E-state index in [2.05, 4.69) is 65.9 Å². The molecule has 9 rings (SSSR count). The van der Waals surface area contributed by atoms with Gasteiger partial charge in [-0.3, -0.25) is 9.69 Å². The van der Waals surface area contributed by atoms with Crippen LogP contribution in [-0.4, -0.2) is 56.6 Å². The molecule has 3 aromatic rings. The number of carbonyl (C=O) groups is 1. The molecule has 6 heterocycles. The van der Waals surface area contributed by atoms with Gasteiger partial charge in [0.25, 0.3) is 10.0 Å². The predicted octanol–water partition coefficient (Wildman–Crippen LogP) is 5.15. The molecule has 2 spiro atoms. The second-order valence-electron chi connectivity index (χ2n) is 12.8. The maximum Gasteiger partial charge on any atom is 0.266 e. The molecule has 0 aliphatic carbocycles. The molecule has 0 aromatic heterocycles. The van der Waals surface area contributed by atoms with Crippen LogP contribution in [0.4, 0.5) is 11.4 Å². The normalized spacial score (nSPS) is 31.8. The number of nitrogens with zero attached hydrogens (tertiary/aromatic N) is 4. The minimum atomic E-state index is -3.94. The van der Waals surface area contributed by atoms with E-state index in [-0.39, 0.29) is 18.1 Å². The van der Waals surface area contributed by atoms with Crippen molar-refractivity contribution in [2.24, 2.45) is 0 Å². The molecule has 6 atom stereocenters. The number of fused-ring (bicyclic) bond motifs is 2. The smallest absolute Gasteiger partial charge is 0.266 e. The van der Waals surface area contributed by atoms with Gasteiger partial charge in [-0.1, -0.05) is 60.2 Å². The number of piperidine rings is 1. The van der Waals surface area contributed by atoms with Crippen molar-refractivity contribution in [1.82, 2.24) is 9.80 Å². The lowest BCUT2D eigenvalue weighted by molar-refractivity contribution is -0.139. The molecule has 1 unspecified atom stereocenters. The standard InChI is InChI=1S/C34H36N4O3S/c1-22(2)21-29-25-13-10-16-28-30(25)34-18-20-37(29)32-33(34,17-19-36(32)23(3)39)26-14-8-9-15-27(26)38(31(34)35(28)4)42(40,41)24-11-6-5-7-12-24/h5-16,21,29,31-32H,17-20H2,1-4H3/t29-,31+,32-,33+,34+/m1/s1. The maximum absolute atomic E-state index is 14.8. The minimum absolute atomic E-state index is 0.0183. The van der Waals surface area contributed by atoms with Crippen LogP contribution in [0.3, 0.4) is 0 Å². The van der Waals surface area contributed by atoms with Crippen molar-refractivity contribution in [2.75, 3.05) is 29.3 Å². The number of allylic oxidation sites excluding steroid dienone is 1. The highest BCUT2D eigenvalue weighted by atomic mass is 32.2. The highest BCUT2D eigenvalue weighted by Gasteiger charge is 2.77. The topological polar surface area (TPSA) is 64.2 Å². The Morgan fingerprint density at radius 3 is 2.26 bits per heavy atom. The first kappa shape index (κ1) is 26.0. The summed E-state index contributed by atoms with van der Waals surface area (Å²) in [5.74, 6) is 0.0702. The third-order valence-corrected chi connectivity index (χ3v) is 12.6. The number of hydrogen-bond acceptors (Lipinski definition) is 5. The summed E-state index contributed by atoms with van der Waals surface area (Å²) < 4.78 is 31.4. The number of sulfonamides is 1. The molecule has 0 N–H and O–H groups in total. The van der Waals surface area contributed by atoms with Crippen molar-refractivity contribution in [3.63, 3.8) is 0 Å². The minimum Gasteiger partial charge on any atom is -0.352 e. The van der Waals surface area contributed by atoms with Gasteiger partial charge in [0.05, 0.1) is 28.2 Å². The van der Waals surface area contributed by atoms with E-state index in [1.54, 1.807) is 35.5 Å². The monoisotopic (exact) mass is 580 g/mol. The molecule has 0 radical (unpaired) electrons. The average Bonchev–Trinajstić information content (AvgIpc) is 3.44. The van der Waals surface area contributed by atoms with Gasteiger partial charge in [0.15, 0.2) is 0 Å². The van der Waals surface area contributed by atoms with Crippen LogP contribution in [0.25, 0.3) is 0 Å². The van der Waals surface area contributed by atoms with Crippen LogP contribution < -0.4 is 9.21 Å². The highest BCUT2D eigenvalue weighted by molar-refractivity contribution is 7.92. The number of amides is 1. The molecule has 0 saturated carbocycles. The van der Waals surface area contributed by atoms with Crippen molar-refractivity contribution < 1.29 is 13.2 Å². The zero-order valence-electron chi connectivity index (χ0n) is 24.5. The van der Waals surface area contributed by atoms with E-state index < -0.39 is 27.0 Å². The summed E-state index contributed by atoms with van der Waals surface area (Å²) >= 11 is 0. The number of anilines is 2. The fraction of sp³-hybridized carbons (Fsp3) is 0.382. The largest absolute Gasteiger partial charge is 0.352 e. The zero-order chi connectivity index (χ0) is 29.2. The van der Waals surface area contributed by atoms with Crippen molar-refractivity contribution in [3.8, 4) is 0 Å². The summed E-state index contributed by atoms with van der Waals surface area (Å²) in [5.41, 5.74) is 5.53. The molecule has 42 heavy (non-hydrogen) atoms. The van der Waals surface area contributed by atoms with Crippen LogP contribution in [0.1, 0.15) is 56.3 Å². The molecule has 216 valence electrons. The Balaban J connectivity index is 1.54. The molecule has 7 nitrogen and oxygen atoms in total. The van der Waals surface area contributed by atoms with Crippen molar-refractivity contribution in [3.05, 3.63) is 101 Å². The fourth-order valence-electron chi connectivity index (χ4n) is 9.58. The van der Waals surface area contributed by atoms with Gasteiger partial charge in [0.2, 0.25) is 5.91 Å². The number of benzene rings is 3. The summed E-state index contributed by atoms with van der Waals surface area (Å²) in [4.78, 5) is 20.6. The SMILES string of the molecule is CC(=O)N1CC[C@@]23c4ccccc4N(S(=O)(=O)c4ccccc4)[C@@H]4N(C)c5cccc6c5[C@@]42CCN([C@@H]6C=C(C)C)[C@@H]13. The summed E-state index contributed by atoms with van der Waals surface area (Å²) in [6.45, 7) is 7.37. The maximum atomic E-state index is 14.8. The first-order valence-electron chi connectivity index (χ1n) is 14.9. The van der Waals surface area contributed by atoms with Gasteiger partial charge >= 0.3 is 0 Å². The van der Waals surface area contributed by atoms with Gasteiger partial charge in [-0.2, -0.15) is 0 Å². The van der Waals surface area contributed by atoms with Crippen LogP contribution in [0.15, 0.2) is 89.3 Å². The number of carbonyl (C=O) groups excluding carboxylic acids is 1. The second kappa shape index (κ2) is 8.48. The van der Waals surface area contributed by atoms with Crippen LogP contribution in [-0.2, 0) is 25.6 Å². The Kier molecular flexibility index (Phi) is 5.26. The van der Waals surface area contributed by atoms with Crippen LogP contribution in [0, 0.1) is 0 Å². The van der Waals surface area contributed by atoms with Crippen molar-refractivity contribution in [2.45, 2.75) is 67.7 Å². The first-order valence-corrected chi connectivity index (χ1v) is 16.3. The fourth-order valence-corrected chi connectivity index (χ4v) is 11.3. The summed E-state index contributed by atoms with van der Waals surface area (Å²) in [5, 5.41) is 0.